The summed E-state index contributed by atoms with van der Waals surface area (Å²) in [5, 5.41) is 262. The van der Waals surface area contributed by atoms with Gasteiger partial charge in [-0.15, -0.1) is 0 Å². The lowest BCUT2D eigenvalue weighted by atomic mass is 9.95. The molecule has 30 aliphatic heterocycles. The number of carbonyl (C=O) groups is 8. The Labute approximate surface area is 758 Å². The molecular formula is C72H112O47S8. The second-order valence-electron chi connectivity index (χ2n) is 30.6. The molecule has 0 aromatic heterocycles. The average molecular weight is 1990 g/mol. The number of hydrogen-bond acceptors (Lipinski definition) is 48. The van der Waals surface area contributed by atoms with Crippen molar-refractivity contribution in [1.82, 2.24) is 0 Å². The molecule has 23 N–H and O–H groups in total. The summed E-state index contributed by atoms with van der Waals surface area (Å²) in [6, 6.07) is 0. The van der Waals surface area contributed by atoms with Gasteiger partial charge in [0.1, 0.15) is 153 Å². The van der Waals surface area contributed by atoms with Crippen molar-refractivity contribution in [1.29, 1.82) is 0 Å². The highest BCUT2D eigenvalue weighted by Gasteiger charge is 2.61. The molecule has 47 nitrogen and oxygen atoms in total. The van der Waals surface area contributed by atoms with Crippen LogP contribution in [0.15, 0.2) is 0 Å². The Morgan fingerprint density at radius 3 is 0.417 bits per heavy atom. The fourth-order valence-electron chi connectivity index (χ4n) is 14.6. The van der Waals surface area contributed by atoms with Crippen LogP contribution in [0, 0.1) is 0 Å². The molecule has 30 fully saturated rings. The average Bonchev–Trinajstić information content (AvgIpc) is 0.770. The van der Waals surface area contributed by atoms with Crippen LogP contribution in [0.5, 0.6) is 0 Å². The van der Waals surface area contributed by atoms with Gasteiger partial charge >= 0.3 is 41.8 Å². The minimum absolute atomic E-state index is 0.0464. The van der Waals surface area contributed by atoms with E-state index in [0.717, 1.165) is 94.1 Å². The van der Waals surface area contributed by atoms with E-state index in [1.807, 2.05) is 0 Å². The smallest absolute Gasteiger partial charge is 0.304 e. The highest BCUT2D eigenvalue weighted by atomic mass is 32.2. The van der Waals surface area contributed by atoms with Gasteiger partial charge in [0.15, 0.2) is 50.3 Å². The Hall–Kier alpha value is -2.52. The molecule has 30 aliphatic rings. The van der Waals surface area contributed by atoms with E-state index < -0.39 is 332 Å². The summed E-state index contributed by atoms with van der Waals surface area (Å²) in [6.07, 6.45) is -84.0. The van der Waals surface area contributed by atoms with Crippen molar-refractivity contribution in [2.75, 3.05) is 92.0 Å². The molecule has 0 aromatic carbocycles. The predicted octanol–water partition coefficient (Wildman–Crippen LogP) is -7.57. The number of ether oxygens (including phenoxy) is 16. The van der Waals surface area contributed by atoms with Gasteiger partial charge in [0, 0.05) is 92.7 Å². The van der Waals surface area contributed by atoms with Crippen LogP contribution in [-0.4, -0.2) is 503 Å². The maximum atomic E-state index is 12.3. The fourth-order valence-corrected chi connectivity index (χ4v) is 22.5. The first-order chi connectivity index (χ1) is 60.4. The number of aliphatic hydroxyl groups is 16. The van der Waals surface area contributed by atoms with Gasteiger partial charge in [-0.05, 0) is 5.75 Å². The summed E-state index contributed by atoms with van der Waals surface area (Å²) in [6.45, 7) is 0. The van der Waals surface area contributed by atoms with E-state index in [0.29, 0.717) is 6.29 Å². The third kappa shape index (κ3) is 30.5. The Balaban J connectivity index is 1.11. The molecule has 0 spiro atoms. The van der Waals surface area contributed by atoms with Gasteiger partial charge in [0.2, 0.25) is 0 Å². The van der Waals surface area contributed by atoms with Gasteiger partial charge in [-0.2, -0.15) is 94.1 Å². The topological polar surface area (TPSA) is 750 Å². The van der Waals surface area contributed by atoms with Gasteiger partial charge in [0.25, 0.3) is 0 Å². The van der Waals surface area contributed by atoms with E-state index >= 15 is 0 Å². The van der Waals surface area contributed by atoms with Crippen molar-refractivity contribution in [2.24, 2.45) is 0 Å². The van der Waals surface area contributed by atoms with E-state index in [4.69, 9.17) is 75.8 Å². The molecule has 40 atom stereocenters. The normalized spacial score (nSPS) is 41.7. The molecule has 30 saturated heterocycles. The molecule has 0 aliphatic carbocycles. The minimum atomic E-state index is -2.32. The summed E-state index contributed by atoms with van der Waals surface area (Å²) in [5.41, 5.74) is 0. The quantitative estimate of drug-likeness (QED) is 0.0200. The SMILES string of the molecule is O=CCCSC[C@H]1O[C@@H]2O[C@H]3[C@H](O)[C@@H](O)[C@@H](O[C@H]4[C@H](O)[C@@H](O)[C@@H](O[C@H]5[C@H](O)[C@@H](O)[C@@H](O[C@H]6[C@H](O)[C@@H](O)[C@@H](O[C@H]7[C@H](O)[C@@H](O)[C@@H](O[C@H]8[C@H](O)[C@@H](O)[C@@H](O[C@H]9[C@H](O)[C@@H](O)[C@@H](O[C@H]1[C@H](O)[C@H]2O)O[C@@H]9CSCCC(=O)O)O[C@@H]8CSCCC(=O)O)O[C@@H]7CSCCC(=O)O)O[C@@H]6CSCCC(=O)O)O[C@@H]5CSCCC(=O)O)O[C@@H]4CSCCC(=O)O)O[C@@H]3CSCCC(=O)O. The molecule has 730 valence electrons. The van der Waals surface area contributed by atoms with Crippen LogP contribution >= 0.6 is 94.1 Å². The van der Waals surface area contributed by atoms with Gasteiger partial charge in [-0.3, -0.25) is 33.6 Å². The highest BCUT2D eigenvalue weighted by Crippen LogP contribution is 2.43. The number of aliphatic carboxylic acids is 7. The van der Waals surface area contributed by atoms with Crippen LogP contribution in [0.1, 0.15) is 51.4 Å². The number of carboxylic acids is 7. The molecule has 127 heavy (non-hydrogen) atoms. The van der Waals surface area contributed by atoms with Gasteiger partial charge in [0.05, 0.1) is 93.8 Å². The van der Waals surface area contributed by atoms with Crippen molar-refractivity contribution < 1.29 is 232 Å². The van der Waals surface area contributed by atoms with E-state index in [1.165, 1.54) is 0 Å². The summed E-state index contributed by atoms with van der Waals surface area (Å²) >= 11 is 7.26. The van der Waals surface area contributed by atoms with Crippen LogP contribution < -0.4 is 0 Å². The summed E-state index contributed by atoms with van der Waals surface area (Å²) in [4.78, 5) is 94.1. The van der Waals surface area contributed by atoms with Crippen LogP contribution in [0.3, 0.4) is 0 Å². The number of aldehydes is 1. The lowest BCUT2D eigenvalue weighted by Crippen LogP contribution is -2.69. The Morgan fingerprint density at radius 2 is 0.307 bits per heavy atom. The largest absolute Gasteiger partial charge is 0.481 e. The Morgan fingerprint density at radius 1 is 0.189 bits per heavy atom. The number of hydrogen-bond donors (Lipinski definition) is 23. The third-order valence-corrected chi connectivity index (χ3v) is 29.8. The lowest BCUT2D eigenvalue weighted by molar-refractivity contribution is -0.396. The van der Waals surface area contributed by atoms with E-state index in [2.05, 4.69) is 0 Å². The van der Waals surface area contributed by atoms with Crippen molar-refractivity contribution in [2.45, 2.75) is 297 Å². The second-order valence-corrected chi connectivity index (χ2v) is 39.8. The number of thioether (sulfide) groups is 8. The predicted molar refractivity (Wildman–Crippen MR) is 439 cm³/mol. The summed E-state index contributed by atoms with van der Waals surface area (Å²) < 4.78 is 100. The van der Waals surface area contributed by atoms with Crippen LogP contribution in [0.4, 0.5) is 0 Å². The Bertz CT molecular complexity index is 3240. The number of aliphatic hydroxyl groups excluding tert-OH is 16. The van der Waals surface area contributed by atoms with Crippen molar-refractivity contribution in [3.05, 3.63) is 0 Å². The van der Waals surface area contributed by atoms with E-state index in [1.54, 1.807) is 0 Å². The van der Waals surface area contributed by atoms with Gasteiger partial charge < -0.3 is 198 Å². The van der Waals surface area contributed by atoms with E-state index in [-0.39, 0.29) is 98.5 Å². The van der Waals surface area contributed by atoms with Gasteiger partial charge in [-0.1, -0.05) is 0 Å². The minimum Gasteiger partial charge on any atom is -0.481 e. The van der Waals surface area contributed by atoms with Crippen molar-refractivity contribution in [3.63, 3.8) is 0 Å². The lowest BCUT2D eigenvalue weighted by Gasteiger charge is -2.51. The summed E-state index contributed by atoms with van der Waals surface area (Å²) in [5.74, 6) is -12.5. The number of carboxylic acid groups (broad SMARTS) is 7. The molecular weight excluding hydrogens is 1870 g/mol. The third-order valence-electron chi connectivity index (χ3n) is 21.3. The zero-order valence-electron chi connectivity index (χ0n) is 67.5. The molecule has 30 rings (SSSR count). The van der Waals surface area contributed by atoms with Crippen LogP contribution in [-0.2, 0) is 114 Å². The maximum absolute atomic E-state index is 12.3. The zero-order chi connectivity index (χ0) is 92.8. The number of rotatable bonds is 40. The molecule has 16 bridgehead atoms. The summed E-state index contributed by atoms with van der Waals surface area (Å²) in [7, 11) is 0. The van der Waals surface area contributed by atoms with E-state index in [9.17, 15) is 156 Å². The van der Waals surface area contributed by atoms with Crippen LogP contribution in [0.2, 0.25) is 0 Å². The molecule has 0 saturated carbocycles. The molecule has 0 unspecified atom stereocenters. The fraction of sp³-hybridized carbons (Fsp3) is 0.889. The van der Waals surface area contributed by atoms with Crippen molar-refractivity contribution >= 4 is 142 Å². The molecule has 55 heteroatoms. The molecule has 0 amide bonds. The number of carbonyl (C=O) groups excluding carboxylic acids is 1. The standard InChI is InChI=1S/C72H112O47S8/c73-9-1-10-120-18-26-57-41(88)49(96)65(104-26)113-58-27(19-121-11-2-34(74)75)106-67(51(98)43(58)90)115-60-29(21-123-13-4-36(78)79)108-69(53(100)45(60)92)117-62-31(23-125-15-6-38(82)83)110-71(55(102)47(62)94)119-64-33(25-127-17-8-40(86)87)111-72(56(103)48(64)95)118-63-32(24-126-16-7-39(84)85)109-70(54(101)46(63)93)116-61-30(22-124-14-5-37(80)81)107-68(52(99)44(61)91)114-59-28(20-122-12-3-35(76)77)105-66(112-57)50(97)42(59)89/h9,26-33,41-72,88-103H,1-8,10-25H2,(H,74,75)(H,76,77)(H,78,79)(H,80,81)(H,82,83)(H,84,85)(H,86,87)/t26-,27-,28-,29-,30-,31-,32-,33-,41-,42-,43-,44-,45-,46-,47-,48-,49-,50-,51-,52-,53-,54-,55-,56-,57-,58-,59-,60-,61-,62-,63-,64-,65-,66-,67-,68-,69-,70-,71-,72-/m1/s1. The monoisotopic (exact) mass is 1980 g/mol. The molecule has 0 radical (unpaired) electrons. The molecule has 0 aromatic rings. The maximum Gasteiger partial charge on any atom is 0.304 e. The zero-order valence-corrected chi connectivity index (χ0v) is 74.0. The van der Waals surface area contributed by atoms with Gasteiger partial charge in [-0.25, -0.2) is 0 Å². The van der Waals surface area contributed by atoms with Crippen molar-refractivity contribution in [3.8, 4) is 0 Å². The highest BCUT2D eigenvalue weighted by molar-refractivity contribution is 8.00. The second kappa shape index (κ2) is 52.7. The first kappa shape index (κ1) is 108. The first-order valence-electron chi connectivity index (χ1n) is 40.3. The Kier molecular flexibility index (Phi) is 44.9. The van der Waals surface area contributed by atoms with Crippen LogP contribution in [0.25, 0.3) is 0 Å². The first-order valence-corrected chi connectivity index (χ1v) is 49.6. The molecule has 30 heterocycles.